The minimum atomic E-state index is -0.853. The lowest BCUT2D eigenvalue weighted by Crippen LogP contribution is -2.37. The van der Waals surface area contributed by atoms with E-state index in [4.69, 9.17) is 11.6 Å². The van der Waals surface area contributed by atoms with Gasteiger partial charge >= 0.3 is 5.97 Å². The SMILES string of the molecule is Cc1c(CNC2CCCCC2C)c(C(=O)O)c(C)n1Cc1cccc(Cl)c1. The second kappa shape index (κ2) is 8.49. The smallest absolute Gasteiger partial charge is 0.337 e. The quantitative estimate of drug-likeness (QED) is 0.717. The van der Waals surface area contributed by atoms with Crippen LogP contribution in [0.5, 0.6) is 0 Å². The molecule has 2 N–H and O–H groups in total. The summed E-state index contributed by atoms with van der Waals surface area (Å²) in [6, 6.07) is 8.20. The predicted octanol–water partition coefficient (Wildman–Crippen LogP) is 5.17. The van der Waals surface area contributed by atoms with Crippen LogP contribution in [0.15, 0.2) is 24.3 Å². The lowest BCUT2D eigenvalue weighted by atomic mass is 9.86. The van der Waals surface area contributed by atoms with Crippen molar-refractivity contribution in [2.75, 3.05) is 0 Å². The minimum absolute atomic E-state index is 0.436. The van der Waals surface area contributed by atoms with Crippen LogP contribution in [0.4, 0.5) is 0 Å². The van der Waals surface area contributed by atoms with Gasteiger partial charge in [0, 0.05) is 41.1 Å². The molecule has 2 atom stereocenters. The molecule has 2 unspecified atom stereocenters. The van der Waals surface area contributed by atoms with E-state index in [0.29, 0.717) is 35.6 Å². The largest absolute Gasteiger partial charge is 0.478 e. The van der Waals surface area contributed by atoms with E-state index in [1.54, 1.807) is 0 Å². The Labute approximate surface area is 166 Å². The van der Waals surface area contributed by atoms with Gasteiger partial charge in [0.1, 0.15) is 0 Å². The van der Waals surface area contributed by atoms with Crippen molar-refractivity contribution in [1.29, 1.82) is 0 Å². The third kappa shape index (κ3) is 4.39. The molecule has 0 radical (unpaired) electrons. The normalized spacial score (nSPS) is 20.0. The van der Waals surface area contributed by atoms with Crippen LogP contribution in [-0.2, 0) is 13.1 Å². The topological polar surface area (TPSA) is 54.3 Å². The number of aromatic nitrogens is 1. The van der Waals surface area contributed by atoms with E-state index >= 15 is 0 Å². The molecule has 1 aliphatic carbocycles. The molecule has 3 rings (SSSR count). The standard InChI is InChI=1S/C22H29ClN2O2/c1-14-7-4-5-10-20(14)24-12-19-15(2)25(16(3)21(19)22(26)27)13-17-8-6-9-18(23)11-17/h6,8-9,11,14,20,24H,4-5,7,10,12-13H2,1-3H3,(H,26,27). The summed E-state index contributed by atoms with van der Waals surface area (Å²) < 4.78 is 2.09. The van der Waals surface area contributed by atoms with Crippen molar-refractivity contribution in [3.05, 3.63) is 57.4 Å². The first-order valence-corrected chi connectivity index (χ1v) is 10.2. The highest BCUT2D eigenvalue weighted by Gasteiger charge is 2.25. The molecule has 4 nitrogen and oxygen atoms in total. The van der Waals surface area contributed by atoms with Crippen LogP contribution in [0.3, 0.4) is 0 Å². The zero-order valence-electron chi connectivity index (χ0n) is 16.4. The highest BCUT2D eigenvalue weighted by atomic mass is 35.5. The van der Waals surface area contributed by atoms with Crippen LogP contribution < -0.4 is 5.32 Å². The first kappa shape index (κ1) is 20.0. The summed E-state index contributed by atoms with van der Waals surface area (Å²) >= 11 is 6.11. The summed E-state index contributed by atoms with van der Waals surface area (Å²) in [6.45, 7) is 7.43. The molecule has 0 saturated heterocycles. The van der Waals surface area contributed by atoms with Gasteiger partial charge in [-0.25, -0.2) is 4.79 Å². The number of aromatic carboxylic acids is 1. The third-order valence-electron chi connectivity index (χ3n) is 6.01. The van der Waals surface area contributed by atoms with Crippen molar-refractivity contribution in [3.63, 3.8) is 0 Å². The zero-order valence-corrected chi connectivity index (χ0v) is 17.1. The van der Waals surface area contributed by atoms with Gasteiger partial charge in [-0.15, -0.1) is 0 Å². The van der Waals surface area contributed by atoms with E-state index in [1.165, 1.54) is 25.7 Å². The fraction of sp³-hybridized carbons (Fsp3) is 0.500. The van der Waals surface area contributed by atoms with Crippen LogP contribution >= 0.6 is 11.6 Å². The van der Waals surface area contributed by atoms with E-state index in [0.717, 1.165) is 22.5 Å². The van der Waals surface area contributed by atoms with Crippen molar-refractivity contribution in [2.24, 2.45) is 5.92 Å². The van der Waals surface area contributed by atoms with Crippen molar-refractivity contribution in [2.45, 2.75) is 65.6 Å². The van der Waals surface area contributed by atoms with Crippen LogP contribution in [0.1, 0.15) is 65.5 Å². The lowest BCUT2D eigenvalue weighted by Gasteiger charge is -2.29. The van der Waals surface area contributed by atoms with Gasteiger partial charge in [0.2, 0.25) is 0 Å². The van der Waals surface area contributed by atoms with Gasteiger partial charge in [0.25, 0.3) is 0 Å². The number of benzene rings is 1. The van der Waals surface area contributed by atoms with Crippen LogP contribution in [0, 0.1) is 19.8 Å². The Kier molecular flexibility index (Phi) is 6.28. The fourth-order valence-corrected chi connectivity index (χ4v) is 4.57. The van der Waals surface area contributed by atoms with E-state index in [9.17, 15) is 9.90 Å². The van der Waals surface area contributed by atoms with Gasteiger partial charge < -0.3 is 15.0 Å². The Hall–Kier alpha value is -1.78. The van der Waals surface area contributed by atoms with Crippen molar-refractivity contribution >= 4 is 17.6 Å². The van der Waals surface area contributed by atoms with Gasteiger partial charge in [-0.05, 0) is 50.3 Å². The number of carboxylic acid groups (broad SMARTS) is 1. The molecule has 1 aromatic heterocycles. The molecule has 1 aromatic carbocycles. The molecule has 2 aromatic rings. The maximum absolute atomic E-state index is 12.0. The van der Waals surface area contributed by atoms with E-state index in [-0.39, 0.29) is 0 Å². The molecule has 0 spiro atoms. The highest BCUT2D eigenvalue weighted by Crippen LogP contribution is 2.27. The van der Waals surface area contributed by atoms with Gasteiger partial charge in [-0.2, -0.15) is 0 Å². The number of hydrogen-bond donors (Lipinski definition) is 2. The maximum atomic E-state index is 12.0. The van der Waals surface area contributed by atoms with E-state index in [1.807, 2.05) is 38.1 Å². The van der Waals surface area contributed by atoms with Crippen LogP contribution in [0.25, 0.3) is 0 Å². The van der Waals surface area contributed by atoms with Crippen molar-refractivity contribution < 1.29 is 9.90 Å². The Balaban J connectivity index is 1.87. The van der Waals surface area contributed by atoms with Crippen molar-refractivity contribution in [1.82, 2.24) is 9.88 Å². The molecular weight excluding hydrogens is 360 g/mol. The summed E-state index contributed by atoms with van der Waals surface area (Å²) in [5.41, 5.74) is 4.22. The summed E-state index contributed by atoms with van der Waals surface area (Å²) in [6.07, 6.45) is 4.97. The molecule has 0 bridgehead atoms. The molecule has 146 valence electrons. The molecule has 0 amide bonds. The van der Waals surface area contributed by atoms with Gasteiger partial charge in [0.05, 0.1) is 5.56 Å². The van der Waals surface area contributed by atoms with Crippen LogP contribution in [0.2, 0.25) is 5.02 Å². The number of nitrogens with one attached hydrogen (secondary N) is 1. The highest BCUT2D eigenvalue weighted by molar-refractivity contribution is 6.30. The fourth-order valence-electron chi connectivity index (χ4n) is 4.36. The Morgan fingerprint density at radius 1 is 1.26 bits per heavy atom. The van der Waals surface area contributed by atoms with Crippen LogP contribution in [-0.4, -0.2) is 21.7 Å². The molecule has 1 heterocycles. The van der Waals surface area contributed by atoms with Crippen molar-refractivity contribution in [3.8, 4) is 0 Å². The second-order valence-electron chi connectivity index (χ2n) is 7.79. The summed E-state index contributed by atoms with van der Waals surface area (Å²) in [4.78, 5) is 12.0. The average Bonchev–Trinajstić information content (AvgIpc) is 2.85. The number of carboxylic acids is 1. The Morgan fingerprint density at radius 2 is 2.00 bits per heavy atom. The third-order valence-corrected chi connectivity index (χ3v) is 6.24. The van der Waals surface area contributed by atoms with E-state index in [2.05, 4.69) is 16.8 Å². The molecule has 27 heavy (non-hydrogen) atoms. The van der Waals surface area contributed by atoms with Gasteiger partial charge in [-0.3, -0.25) is 0 Å². The number of carbonyl (C=O) groups is 1. The maximum Gasteiger partial charge on any atom is 0.337 e. The monoisotopic (exact) mass is 388 g/mol. The Bertz CT molecular complexity index is 828. The minimum Gasteiger partial charge on any atom is -0.478 e. The second-order valence-corrected chi connectivity index (χ2v) is 8.23. The van der Waals surface area contributed by atoms with Gasteiger partial charge in [0.15, 0.2) is 0 Å². The Morgan fingerprint density at radius 3 is 2.67 bits per heavy atom. The average molecular weight is 389 g/mol. The lowest BCUT2D eigenvalue weighted by molar-refractivity contribution is 0.0694. The summed E-state index contributed by atoms with van der Waals surface area (Å²) in [5.74, 6) is -0.212. The number of rotatable bonds is 6. The number of nitrogens with zero attached hydrogens (tertiary/aromatic N) is 1. The molecule has 5 heteroatoms. The summed E-state index contributed by atoms with van der Waals surface area (Å²) in [7, 11) is 0. The van der Waals surface area contributed by atoms with Gasteiger partial charge in [-0.1, -0.05) is 43.5 Å². The number of halogens is 1. The first-order valence-electron chi connectivity index (χ1n) is 9.78. The molecule has 0 aliphatic heterocycles. The molecule has 1 aliphatic rings. The zero-order chi connectivity index (χ0) is 19.6. The molecular formula is C22H29ClN2O2. The summed E-state index contributed by atoms with van der Waals surface area (Å²) in [5, 5.41) is 14.2. The molecule has 1 fully saturated rings. The number of hydrogen-bond acceptors (Lipinski definition) is 2. The van der Waals surface area contributed by atoms with E-state index < -0.39 is 5.97 Å². The predicted molar refractivity (Wildman–Crippen MR) is 110 cm³/mol. The first-order chi connectivity index (χ1) is 12.9. The molecule has 1 saturated carbocycles.